The third kappa shape index (κ3) is 13.2. The number of pyridine rings is 4. The largest absolute Gasteiger partial charge is 4.00 e. The molecule has 2 aliphatic heterocycles. The van der Waals surface area contributed by atoms with Gasteiger partial charge >= 0.3 is 40.9 Å². The van der Waals surface area contributed by atoms with E-state index in [1.807, 2.05) is 104 Å². The van der Waals surface area contributed by atoms with Gasteiger partial charge in [-0.15, -0.1) is 22.1 Å². The summed E-state index contributed by atoms with van der Waals surface area (Å²) in [5.74, 6) is -5.06. The second kappa shape index (κ2) is 27.3. The number of carbonyl (C=O) groups excluding carboxylic acids is 5. The molecule has 0 fully saturated rings. The van der Waals surface area contributed by atoms with Crippen LogP contribution in [-0.2, 0) is 103 Å². The van der Waals surface area contributed by atoms with Crippen molar-refractivity contribution >= 4 is 74.0 Å². The molecule has 1 aliphatic carbocycles. The number of nitrogens with two attached hydrogens (primary N) is 4. The molecule has 0 amide bonds. The molecule has 21 nitrogen and oxygen atoms in total. The first-order chi connectivity index (χ1) is 41.2. The Morgan fingerprint density at radius 2 is 0.988 bits per heavy atom. The van der Waals surface area contributed by atoms with Crippen molar-refractivity contribution in [3.05, 3.63) is 201 Å². The van der Waals surface area contributed by atoms with E-state index < -0.39 is 35.6 Å². The molecule has 8 bridgehead atoms. The van der Waals surface area contributed by atoms with Crippen LogP contribution >= 0.6 is 0 Å². The van der Waals surface area contributed by atoms with Crippen molar-refractivity contribution < 1.29 is 78.3 Å². The van der Waals surface area contributed by atoms with Crippen LogP contribution in [0.2, 0.25) is 0 Å². The fourth-order valence-electron chi connectivity index (χ4n) is 10.4. The normalized spacial score (nSPS) is 13.5. The van der Waals surface area contributed by atoms with E-state index in [-0.39, 0.29) is 93.7 Å². The molecule has 0 spiro atoms. The van der Waals surface area contributed by atoms with Crippen molar-refractivity contribution in [1.29, 1.82) is 0 Å². The van der Waals surface area contributed by atoms with Gasteiger partial charge in [0.1, 0.15) is 32.3 Å². The molecule has 438 valence electrons. The summed E-state index contributed by atoms with van der Waals surface area (Å²) in [6, 6.07) is 19.5. The molecule has 7 aromatic rings. The van der Waals surface area contributed by atoms with Gasteiger partial charge in [-0.25, -0.2) is 42.6 Å². The van der Waals surface area contributed by atoms with Gasteiger partial charge in [-0.1, -0.05) is 23.3 Å². The minimum atomic E-state index is -1.56. The fraction of sp³-hybridized carbons (Fsp3) is 0.266. The fourth-order valence-corrected chi connectivity index (χ4v) is 10.4. The van der Waals surface area contributed by atoms with Crippen molar-refractivity contribution in [3.8, 4) is 0 Å². The first kappa shape index (κ1) is 61.4. The molecule has 22 heteroatoms. The molecule has 0 saturated carbocycles. The molecule has 0 radical (unpaired) electrons. The first-order valence-electron chi connectivity index (χ1n) is 27.9. The molecule has 86 heavy (non-hydrogen) atoms. The van der Waals surface area contributed by atoms with E-state index in [1.54, 1.807) is 58.0 Å². The summed E-state index contributed by atoms with van der Waals surface area (Å²) in [7, 11) is 0. The maximum Gasteiger partial charge on any atom is 4.00 e. The van der Waals surface area contributed by atoms with E-state index in [2.05, 4.69) is 0 Å². The Bertz CT molecular complexity index is 4040. The number of carbonyl (C=O) groups is 5. The van der Waals surface area contributed by atoms with E-state index in [1.165, 1.54) is 12.2 Å². The zero-order chi connectivity index (χ0) is 59.9. The number of nitrogens with zero attached hydrogens (tertiary/aromatic N) is 8. The van der Waals surface area contributed by atoms with Crippen LogP contribution in [0.4, 0.5) is 0 Å². The van der Waals surface area contributed by atoms with Gasteiger partial charge in [0.25, 0.3) is 0 Å². The summed E-state index contributed by atoms with van der Waals surface area (Å²) in [5, 5.41) is 0. The van der Waals surface area contributed by atoms with E-state index in [4.69, 9.17) is 61.8 Å². The molecule has 0 aromatic carbocycles. The molecule has 10 rings (SSSR count). The van der Waals surface area contributed by atoms with Gasteiger partial charge in [-0.2, -0.15) is 0 Å². The van der Waals surface area contributed by atoms with Crippen molar-refractivity contribution in [2.75, 3.05) is 26.2 Å². The molecular weight excluding hydrogens is 1140 g/mol. The standard InChI is InChI=1S/C64H66N12O9.Fe/c1-38-46(5-6-53(77)82-34-42-7-19-73(20-8-42)27-15-65)59-57-58(64(81)85-37-45-13-25-76(26-14-45)30-18-68)61(78)56-41(4)50(72-60(56)57)33-52-55(63(80)84-36-44-11-23-75(24-12-44)29-17-67)40(3)49(70-52)32-51-54(39(2)48(69-51)31-47(38)71-59)62(79)83-35-43-9-21-74(22-10-43)28-16-66;/h5-14,19-26,31-33,58H,15-18,27-30,34-37,65-68H2,1-4H3;/q+2;+4. The van der Waals surface area contributed by atoms with E-state index in [0.29, 0.717) is 103 Å². The van der Waals surface area contributed by atoms with Crippen LogP contribution in [0.5, 0.6) is 0 Å². The quantitative estimate of drug-likeness (QED) is 0.0200. The van der Waals surface area contributed by atoms with Crippen LogP contribution in [0, 0.1) is 13.8 Å². The third-order valence-electron chi connectivity index (χ3n) is 15.1. The SMILES string of the molecule is CC1=C(C(=O)OCc2cc[n+](CCN)cc2)c2cc3[n-]c4c(c3C)C(=O)C(C(=O)OCc3cc[n+](CCN)cc3)c4c3nc(cc4[n-]c(cc1n2)c(C(=O)OCc1cc[n+](CCN)cc1)c4C)C(C)=C3/C=C/C(=O)OCc1cc[n+](CCN)cc1.[Fe+4]. The number of allylic oxidation sites excluding steroid dienone is 4. The maximum atomic E-state index is 15.2. The molecule has 3 aliphatic rings. The molecule has 8 N–H and O–H groups in total. The Morgan fingerprint density at radius 3 is 1.50 bits per heavy atom. The number of ether oxygens (including phenoxy) is 4. The number of fused-ring (bicyclic) bond motifs is 8. The van der Waals surface area contributed by atoms with Crippen LogP contribution in [0.3, 0.4) is 0 Å². The molecule has 1 atom stereocenters. The molecule has 1 unspecified atom stereocenters. The molecule has 0 saturated heterocycles. The number of esters is 4. The Morgan fingerprint density at radius 1 is 0.547 bits per heavy atom. The number of hydrogen-bond donors (Lipinski definition) is 4. The van der Waals surface area contributed by atoms with E-state index in [0.717, 1.165) is 16.7 Å². The Labute approximate surface area is 506 Å². The minimum Gasteiger partial charge on any atom is -0.657 e. The summed E-state index contributed by atoms with van der Waals surface area (Å²) < 4.78 is 31.4. The number of rotatable bonds is 21. The van der Waals surface area contributed by atoms with Crippen LogP contribution in [-0.4, -0.2) is 65.8 Å². The topological polar surface area (TPSA) is 296 Å². The second-order valence-corrected chi connectivity index (χ2v) is 20.8. The Kier molecular flexibility index (Phi) is 19.5. The van der Waals surface area contributed by atoms with Gasteiger partial charge in [-0.05, 0) is 56.5 Å². The first-order valence-corrected chi connectivity index (χ1v) is 27.9. The van der Waals surface area contributed by atoms with Crippen LogP contribution in [0.15, 0.2) is 128 Å². The van der Waals surface area contributed by atoms with Gasteiger partial charge in [0, 0.05) is 93.6 Å². The van der Waals surface area contributed by atoms with Crippen LogP contribution in [0.1, 0.15) is 102 Å². The number of hydrogen-bond acceptors (Lipinski definition) is 15. The zero-order valence-electron chi connectivity index (χ0n) is 48.1. The summed E-state index contributed by atoms with van der Waals surface area (Å²) in [4.78, 5) is 93.0. The average Bonchev–Trinajstić information content (AvgIpc) is 1.67. The van der Waals surface area contributed by atoms with Gasteiger partial charge in [0.2, 0.25) is 0 Å². The predicted molar refractivity (Wildman–Crippen MR) is 311 cm³/mol. The Hall–Kier alpha value is -9.15. The predicted octanol–water partition coefficient (Wildman–Crippen LogP) is 3.46. The van der Waals surface area contributed by atoms with Gasteiger partial charge in [0.05, 0.1) is 54.5 Å². The van der Waals surface area contributed by atoms with Crippen molar-refractivity contribution in [3.63, 3.8) is 0 Å². The van der Waals surface area contributed by atoms with E-state index in [9.17, 15) is 19.2 Å². The molecule has 9 heterocycles. The number of Topliss-reactive ketones (excluding diaryl/α,β-unsaturated/α-hetero) is 1. The van der Waals surface area contributed by atoms with E-state index >= 15 is 4.79 Å². The second-order valence-electron chi connectivity index (χ2n) is 20.8. The van der Waals surface area contributed by atoms with Crippen LogP contribution < -0.4 is 51.2 Å². The third-order valence-corrected chi connectivity index (χ3v) is 15.1. The minimum absolute atomic E-state index is 0. The monoisotopic (exact) mass is 1200 g/mol. The molecule has 7 aromatic heterocycles. The zero-order valence-corrected chi connectivity index (χ0v) is 49.2. The summed E-state index contributed by atoms with van der Waals surface area (Å²) in [6.07, 6.45) is 17.5. The number of aromatic nitrogens is 8. The Balaban J connectivity index is 0.00000884. The maximum absolute atomic E-state index is 15.2. The van der Waals surface area contributed by atoms with Crippen molar-refractivity contribution in [1.82, 2.24) is 19.9 Å². The molecular formula is C64H66FeN12O9+6. The average molecular weight is 1200 g/mol. The summed E-state index contributed by atoms with van der Waals surface area (Å²) in [6.45, 7) is 10.9. The summed E-state index contributed by atoms with van der Waals surface area (Å²) in [5.41, 5.74) is 30.4. The van der Waals surface area contributed by atoms with Crippen molar-refractivity contribution in [2.24, 2.45) is 22.9 Å². The number of aryl methyl sites for hydroxylation is 2. The van der Waals surface area contributed by atoms with Crippen LogP contribution in [0.25, 0.3) is 44.4 Å². The van der Waals surface area contributed by atoms with Crippen molar-refractivity contribution in [2.45, 2.75) is 86.2 Å². The summed E-state index contributed by atoms with van der Waals surface area (Å²) >= 11 is 0. The van der Waals surface area contributed by atoms with Gasteiger partial charge in [-0.3, -0.25) is 9.59 Å². The smallest absolute Gasteiger partial charge is 0.657 e. The van der Waals surface area contributed by atoms with Gasteiger partial charge < -0.3 is 51.9 Å². The van der Waals surface area contributed by atoms with Gasteiger partial charge in [0.15, 0.2) is 81.5 Å². The number of ketones is 1.